The van der Waals surface area contributed by atoms with Gasteiger partial charge in [-0.2, -0.15) is 0 Å². The average Bonchev–Trinajstić information content (AvgIpc) is 3.86. The summed E-state index contributed by atoms with van der Waals surface area (Å²) in [6.45, 7) is 0. The molecule has 5 nitrogen and oxygen atoms in total. The van der Waals surface area contributed by atoms with Crippen molar-refractivity contribution in [3.05, 3.63) is 181 Å². The summed E-state index contributed by atoms with van der Waals surface area (Å²) in [7, 11) is 0. The third-order valence-corrected chi connectivity index (χ3v) is 10.6. The molecule has 5 heteroatoms. The van der Waals surface area contributed by atoms with Crippen LogP contribution < -0.4 is 10.6 Å². The number of aromatic nitrogens is 2. The molecule has 7 aromatic carbocycles. The Hall–Kier alpha value is -6.56. The van der Waals surface area contributed by atoms with Crippen molar-refractivity contribution in [2.24, 2.45) is 0 Å². The summed E-state index contributed by atoms with van der Waals surface area (Å²) in [5.41, 5.74) is 10.9. The Morgan fingerprint density at radius 3 is 1.98 bits per heavy atom. The smallest absolute Gasteiger partial charge is 0.160 e. The van der Waals surface area contributed by atoms with Crippen molar-refractivity contribution in [3.63, 3.8) is 0 Å². The van der Waals surface area contributed by atoms with Gasteiger partial charge in [0.25, 0.3) is 0 Å². The predicted molar refractivity (Wildman–Crippen MR) is 210 cm³/mol. The highest BCUT2D eigenvalue weighted by Gasteiger charge is 2.30. The summed E-state index contributed by atoms with van der Waals surface area (Å²) in [6.07, 6.45) is 2.01. The van der Waals surface area contributed by atoms with Gasteiger partial charge in [0.2, 0.25) is 0 Å². The molecule has 1 aliphatic heterocycles. The minimum atomic E-state index is -0.297. The number of fused-ring (bicyclic) bond motifs is 11. The number of rotatable bonds is 4. The second-order valence-corrected chi connectivity index (χ2v) is 13.4. The summed E-state index contributed by atoms with van der Waals surface area (Å²) in [6, 6.07) is 58.2. The van der Waals surface area contributed by atoms with Crippen LogP contribution in [0.1, 0.15) is 23.5 Å². The van der Waals surface area contributed by atoms with Crippen molar-refractivity contribution in [1.29, 1.82) is 0 Å². The van der Waals surface area contributed by atoms with E-state index in [9.17, 15) is 0 Å². The summed E-state index contributed by atoms with van der Waals surface area (Å²) in [5, 5.41) is 15.0. The van der Waals surface area contributed by atoms with Gasteiger partial charge in [-0.15, -0.1) is 0 Å². The predicted octanol–water partition coefficient (Wildman–Crippen LogP) is 11.2. The van der Waals surface area contributed by atoms with E-state index in [-0.39, 0.29) is 12.3 Å². The van der Waals surface area contributed by atoms with Gasteiger partial charge in [0.05, 0.1) is 28.1 Å². The minimum absolute atomic E-state index is 0.0289. The van der Waals surface area contributed by atoms with E-state index in [1.54, 1.807) is 0 Å². The van der Waals surface area contributed by atoms with Gasteiger partial charge in [-0.25, -0.2) is 0 Å². The standard InChI is InChI=1S/C46H32N4O/c1-4-14-29(15-5-1)36-28-37(30-16-6-2-7-17-30)48-46(47-36)50-40-27-26-39-42(34-21-10-12-22-38(34)49(39)31-18-8-3-9-19-31)43(40)35-25-24-33-32-20-11-13-23-41(32)51-45(33)44(35)50/h1-28,36,46-48H. The molecule has 4 heterocycles. The van der Waals surface area contributed by atoms with E-state index in [4.69, 9.17) is 4.42 Å². The van der Waals surface area contributed by atoms with Crippen LogP contribution in [0.4, 0.5) is 0 Å². The number of nitrogens with zero attached hydrogens (tertiary/aromatic N) is 2. The Labute approximate surface area is 293 Å². The SMILES string of the molecule is C1=C(c2ccccc2)NC(n2c3ccc4c(c5ccccc5n4-c4ccccc4)c3c3ccc4c5ccccc5oc4c32)NC1c1ccccc1. The molecule has 2 unspecified atom stereocenters. The van der Waals surface area contributed by atoms with Gasteiger partial charge in [0, 0.05) is 43.7 Å². The maximum Gasteiger partial charge on any atom is 0.160 e. The molecule has 0 amide bonds. The summed E-state index contributed by atoms with van der Waals surface area (Å²) in [4.78, 5) is 0. The second kappa shape index (κ2) is 11.0. The van der Waals surface area contributed by atoms with Crippen molar-refractivity contribution in [2.75, 3.05) is 0 Å². The first-order valence-electron chi connectivity index (χ1n) is 17.5. The van der Waals surface area contributed by atoms with Crippen molar-refractivity contribution in [2.45, 2.75) is 12.3 Å². The molecule has 3 aromatic heterocycles. The van der Waals surface area contributed by atoms with E-state index < -0.39 is 0 Å². The Morgan fingerprint density at radius 1 is 0.510 bits per heavy atom. The van der Waals surface area contributed by atoms with E-state index in [1.807, 2.05) is 6.07 Å². The molecule has 0 radical (unpaired) electrons. The third-order valence-electron chi connectivity index (χ3n) is 10.6. The highest BCUT2D eigenvalue weighted by atomic mass is 16.3. The van der Waals surface area contributed by atoms with Crippen LogP contribution in [0.5, 0.6) is 0 Å². The minimum Gasteiger partial charge on any atom is -0.454 e. The van der Waals surface area contributed by atoms with Gasteiger partial charge in [-0.1, -0.05) is 121 Å². The third kappa shape index (κ3) is 4.19. The zero-order valence-electron chi connectivity index (χ0n) is 27.6. The fourth-order valence-corrected chi connectivity index (χ4v) is 8.39. The molecular weight excluding hydrogens is 625 g/mol. The molecule has 2 N–H and O–H groups in total. The molecule has 0 fully saturated rings. The van der Waals surface area contributed by atoms with Gasteiger partial charge in [-0.3, -0.25) is 5.32 Å². The van der Waals surface area contributed by atoms with Gasteiger partial charge in [0.1, 0.15) is 5.58 Å². The number of hydrogen-bond acceptors (Lipinski definition) is 3. The first kappa shape index (κ1) is 28.3. The number of para-hydroxylation sites is 3. The van der Waals surface area contributed by atoms with Crippen LogP contribution in [-0.2, 0) is 0 Å². The molecule has 0 spiro atoms. The Kier molecular flexibility index (Phi) is 6.09. The maximum absolute atomic E-state index is 6.83. The molecular formula is C46H32N4O. The van der Waals surface area contributed by atoms with Crippen LogP contribution in [0.25, 0.3) is 76.9 Å². The highest BCUT2D eigenvalue weighted by Crippen LogP contribution is 2.46. The van der Waals surface area contributed by atoms with Crippen molar-refractivity contribution >= 4 is 71.2 Å². The van der Waals surface area contributed by atoms with E-state index >= 15 is 0 Å². The van der Waals surface area contributed by atoms with Gasteiger partial charge < -0.3 is 18.9 Å². The summed E-state index contributed by atoms with van der Waals surface area (Å²) >= 11 is 0. The lowest BCUT2D eigenvalue weighted by molar-refractivity contribution is 0.350. The Balaban J connectivity index is 1.27. The molecule has 0 aliphatic carbocycles. The average molecular weight is 657 g/mol. The number of furan rings is 1. The largest absolute Gasteiger partial charge is 0.454 e. The molecule has 10 aromatic rings. The lowest BCUT2D eigenvalue weighted by Crippen LogP contribution is -2.43. The van der Waals surface area contributed by atoms with E-state index in [1.165, 1.54) is 32.8 Å². The first-order chi connectivity index (χ1) is 25.3. The van der Waals surface area contributed by atoms with Crippen LogP contribution in [0, 0.1) is 0 Å². The second-order valence-electron chi connectivity index (χ2n) is 13.4. The lowest BCUT2D eigenvalue weighted by Gasteiger charge is -2.34. The monoisotopic (exact) mass is 656 g/mol. The Morgan fingerprint density at radius 2 is 1.16 bits per heavy atom. The number of nitrogens with one attached hydrogen (secondary N) is 2. The molecule has 242 valence electrons. The first-order valence-corrected chi connectivity index (χ1v) is 17.5. The maximum atomic E-state index is 6.83. The highest BCUT2D eigenvalue weighted by molar-refractivity contribution is 6.31. The van der Waals surface area contributed by atoms with Crippen molar-refractivity contribution in [1.82, 2.24) is 19.8 Å². The molecule has 2 atom stereocenters. The summed E-state index contributed by atoms with van der Waals surface area (Å²) in [5.74, 6) is 0. The van der Waals surface area contributed by atoms with Crippen LogP contribution in [0.3, 0.4) is 0 Å². The zero-order valence-corrected chi connectivity index (χ0v) is 27.6. The molecule has 0 bridgehead atoms. The van der Waals surface area contributed by atoms with E-state index in [2.05, 4.69) is 184 Å². The fourth-order valence-electron chi connectivity index (χ4n) is 8.39. The topological polar surface area (TPSA) is 47.1 Å². The normalized spacial score (nSPS) is 16.4. The van der Waals surface area contributed by atoms with E-state index in [0.29, 0.717) is 0 Å². The van der Waals surface area contributed by atoms with Crippen LogP contribution >= 0.6 is 0 Å². The van der Waals surface area contributed by atoms with Gasteiger partial charge in [-0.05, 0) is 59.7 Å². The molecule has 0 saturated carbocycles. The van der Waals surface area contributed by atoms with Crippen molar-refractivity contribution < 1.29 is 4.42 Å². The van der Waals surface area contributed by atoms with Crippen molar-refractivity contribution in [3.8, 4) is 5.69 Å². The van der Waals surface area contributed by atoms with E-state index in [0.717, 1.165) is 55.3 Å². The number of benzene rings is 7. The summed E-state index contributed by atoms with van der Waals surface area (Å²) < 4.78 is 11.7. The van der Waals surface area contributed by atoms with Crippen LogP contribution in [-0.4, -0.2) is 9.13 Å². The van der Waals surface area contributed by atoms with Crippen LogP contribution in [0.2, 0.25) is 0 Å². The lowest BCUT2D eigenvalue weighted by atomic mass is 10.0. The quantitative estimate of drug-likeness (QED) is 0.198. The fraction of sp³-hybridized carbons (Fsp3) is 0.0435. The number of hydrogen-bond donors (Lipinski definition) is 2. The molecule has 51 heavy (non-hydrogen) atoms. The molecule has 0 saturated heterocycles. The molecule has 11 rings (SSSR count). The van der Waals surface area contributed by atoms with Crippen LogP contribution in [0.15, 0.2) is 174 Å². The van der Waals surface area contributed by atoms with Gasteiger partial charge in [0.15, 0.2) is 11.9 Å². The zero-order chi connectivity index (χ0) is 33.5. The van der Waals surface area contributed by atoms with Gasteiger partial charge >= 0.3 is 0 Å². The Bertz CT molecular complexity index is 2970. The molecule has 1 aliphatic rings.